The lowest BCUT2D eigenvalue weighted by Gasteiger charge is -2.09. The second-order valence-electron chi connectivity index (χ2n) is 6.92. The fraction of sp³-hybridized carbons (Fsp3) is 0.217. The summed E-state index contributed by atoms with van der Waals surface area (Å²) in [6, 6.07) is 15.7. The van der Waals surface area contributed by atoms with Gasteiger partial charge in [-0.2, -0.15) is 0 Å². The first kappa shape index (κ1) is 23.9. The number of rotatable bonds is 8. The molecule has 9 nitrogen and oxygen atoms in total. The van der Waals surface area contributed by atoms with E-state index in [2.05, 4.69) is 10.1 Å². The molecule has 0 aliphatic heterocycles. The number of para-hydroxylation sites is 1. The number of carbonyl (C=O) groups is 3. The van der Waals surface area contributed by atoms with Crippen molar-refractivity contribution >= 4 is 35.3 Å². The van der Waals surface area contributed by atoms with Crippen LogP contribution < -0.4 is 10.9 Å². The molecule has 0 aliphatic rings. The minimum atomic E-state index is -0.700. The van der Waals surface area contributed by atoms with E-state index in [4.69, 9.17) is 4.74 Å². The Bertz CT molecular complexity index is 1230. The van der Waals surface area contributed by atoms with Crippen molar-refractivity contribution in [3.05, 3.63) is 76.2 Å². The highest BCUT2D eigenvalue weighted by atomic mass is 32.2. The SMILES string of the molecule is COC(=O)COC(=O)c1ccccc1SCC(=O)Nc1c(C)n(C)n(-c2ccccc2)c1=O. The van der Waals surface area contributed by atoms with E-state index in [1.807, 2.05) is 18.2 Å². The molecule has 2 aromatic carbocycles. The molecule has 0 spiro atoms. The fourth-order valence-corrected chi connectivity index (χ4v) is 3.89. The highest BCUT2D eigenvalue weighted by Crippen LogP contribution is 2.24. The van der Waals surface area contributed by atoms with Crippen molar-refractivity contribution in [2.75, 3.05) is 24.8 Å². The number of anilines is 1. The summed E-state index contributed by atoms with van der Waals surface area (Å²) in [7, 11) is 2.94. The van der Waals surface area contributed by atoms with Gasteiger partial charge in [0.15, 0.2) is 6.61 Å². The van der Waals surface area contributed by atoms with Crippen molar-refractivity contribution in [1.29, 1.82) is 0 Å². The van der Waals surface area contributed by atoms with Gasteiger partial charge in [-0.1, -0.05) is 30.3 Å². The summed E-state index contributed by atoms with van der Waals surface area (Å²) in [4.78, 5) is 49.6. The van der Waals surface area contributed by atoms with Crippen LogP contribution in [0.25, 0.3) is 5.69 Å². The molecule has 1 N–H and O–H groups in total. The number of hydrogen-bond acceptors (Lipinski definition) is 7. The van der Waals surface area contributed by atoms with Gasteiger partial charge in [0.25, 0.3) is 5.56 Å². The van der Waals surface area contributed by atoms with Gasteiger partial charge < -0.3 is 14.8 Å². The standard InChI is InChI=1S/C23H23N3O6S/c1-15-21(22(29)26(25(15)2)16-9-5-4-6-10-16)24-19(27)14-33-18-12-8-7-11-17(18)23(30)32-13-20(28)31-3/h4-12H,13-14H2,1-3H3,(H,24,27). The molecule has 1 aromatic heterocycles. The van der Waals surface area contributed by atoms with Gasteiger partial charge in [0.2, 0.25) is 5.91 Å². The monoisotopic (exact) mass is 469 g/mol. The van der Waals surface area contributed by atoms with Crippen LogP contribution in [0.3, 0.4) is 0 Å². The Morgan fingerprint density at radius 1 is 1.03 bits per heavy atom. The first-order valence-electron chi connectivity index (χ1n) is 9.93. The van der Waals surface area contributed by atoms with Gasteiger partial charge in [0.1, 0.15) is 5.69 Å². The van der Waals surface area contributed by atoms with Crippen LogP contribution in [0.5, 0.6) is 0 Å². The number of methoxy groups -OCH3 is 1. The Morgan fingerprint density at radius 2 is 1.70 bits per heavy atom. The first-order chi connectivity index (χ1) is 15.8. The lowest BCUT2D eigenvalue weighted by atomic mass is 10.2. The molecule has 0 fully saturated rings. The van der Waals surface area contributed by atoms with Gasteiger partial charge in [-0.3, -0.25) is 14.3 Å². The zero-order valence-electron chi connectivity index (χ0n) is 18.4. The molecule has 0 unspecified atom stereocenters. The third kappa shape index (κ3) is 5.53. The summed E-state index contributed by atoms with van der Waals surface area (Å²) in [6.07, 6.45) is 0. The van der Waals surface area contributed by atoms with Crippen LogP contribution in [0.15, 0.2) is 64.3 Å². The van der Waals surface area contributed by atoms with Crippen LogP contribution in [0.2, 0.25) is 0 Å². The Labute approximate surface area is 194 Å². The molecule has 0 aliphatic carbocycles. The highest BCUT2D eigenvalue weighted by molar-refractivity contribution is 8.00. The van der Waals surface area contributed by atoms with Gasteiger partial charge in [-0.25, -0.2) is 14.3 Å². The average Bonchev–Trinajstić information content (AvgIpc) is 3.04. The van der Waals surface area contributed by atoms with E-state index in [9.17, 15) is 19.2 Å². The van der Waals surface area contributed by atoms with E-state index in [1.165, 1.54) is 11.8 Å². The van der Waals surface area contributed by atoms with E-state index >= 15 is 0 Å². The molecule has 0 bridgehead atoms. The van der Waals surface area contributed by atoms with Crippen LogP contribution >= 0.6 is 11.8 Å². The molecule has 1 amide bonds. The number of aromatic nitrogens is 2. The number of nitrogens with one attached hydrogen (secondary N) is 1. The van der Waals surface area contributed by atoms with Crippen molar-refractivity contribution in [3.63, 3.8) is 0 Å². The molecule has 3 rings (SSSR count). The summed E-state index contributed by atoms with van der Waals surface area (Å²) >= 11 is 1.12. The first-order valence-corrected chi connectivity index (χ1v) is 10.9. The smallest absolute Gasteiger partial charge is 0.344 e. The van der Waals surface area contributed by atoms with E-state index in [1.54, 1.807) is 55.1 Å². The van der Waals surface area contributed by atoms with Crippen LogP contribution in [0.1, 0.15) is 16.1 Å². The molecule has 0 saturated heterocycles. The molecule has 0 radical (unpaired) electrons. The summed E-state index contributed by atoms with van der Waals surface area (Å²) in [5, 5.41) is 2.68. The molecule has 33 heavy (non-hydrogen) atoms. The number of esters is 2. The minimum absolute atomic E-state index is 0.0413. The van der Waals surface area contributed by atoms with Crippen LogP contribution in [-0.4, -0.2) is 46.7 Å². The lowest BCUT2D eigenvalue weighted by molar-refractivity contribution is -0.144. The average molecular weight is 470 g/mol. The van der Waals surface area contributed by atoms with Crippen LogP contribution in [0.4, 0.5) is 5.69 Å². The lowest BCUT2D eigenvalue weighted by Crippen LogP contribution is -2.23. The number of thioether (sulfide) groups is 1. The maximum Gasteiger partial charge on any atom is 0.344 e. The second kappa shape index (κ2) is 10.7. The van der Waals surface area contributed by atoms with Crippen LogP contribution in [-0.2, 0) is 26.1 Å². The number of ether oxygens (including phenoxy) is 2. The number of carbonyl (C=O) groups excluding carboxylic acids is 3. The quantitative estimate of drug-likeness (QED) is 0.399. The van der Waals surface area contributed by atoms with Gasteiger partial charge in [-0.15, -0.1) is 11.8 Å². The number of benzene rings is 2. The van der Waals surface area contributed by atoms with Crippen molar-refractivity contribution in [3.8, 4) is 5.69 Å². The fourth-order valence-electron chi connectivity index (χ4n) is 3.05. The molecule has 3 aromatic rings. The zero-order valence-corrected chi connectivity index (χ0v) is 19.2. The third-order valence-corrected chi connectivity index (χ3v) is 5.91. The van der Waals surface area contributed by atoms with Crippen molar-refractivity contribution in [2.45, 2.75) is 11.8 Å². The molecule has 0 saturated carbocycles. The summed E-state index contributed by atoms with van der Waals surface area (Å²) in [5.74, 6) is -1.81. The number of amides is 1. The Balaban J connectivity index is 1.71. The van der Waals surface area contributed by atoms with Crippen molar-refractivity contribution in [1.82, 2.24) is 9.36 Å². The van der Waals surface area contributed by atoms with E-state index in [0.717, 1.165) is 11.8 Å². The minimum Gasteiger partial charge on any atom is -0.466 e. The normalized spacial score (nSPS) is 10.5. The molecular formula is C23H23N3O6S. The topological polar surface area (TPSA) is 109 Å². The number of hydrogen-bond donors (Lipinski definition) is 1. The Hall–Kier alpha value is -3.79. The maximum atomic E-state index is 12.9. The van der Waals surface area contributed by atoms with Crippen LogP contribution in [0, 0.1) is 6.92 Å². The van der Waals surface area contributed by atoms with Crippen molar-refractivity contribution in [2.24, 2.45) is 7.05 Å². The summed E-state index contributed by atoms with van der Waals surface area (Å²) in [5.41, 5.74) is 1.36. The predicted molar refractivity (Wildman–Crippen MR) is 124 cm³/mol. The third-order valence-electron chi connectivity index (χ3n) is 4.83. The molecule has 0 atom stereocenters. The Morgan fingerprint density at radius 3 is 2.39 bits per heavy atom. The summed E-state index contributed by atoms with van der Waals surface area (Å²) < 4.78 is 12.5. The maximum absolute atomic E-state index is 12.9. The second-order valence-corrected chi connectivity index (χ2v) is 7.94. The highest BCUT2D eigenvalue weighted by Gasteiger charge is 2.19. The molecule has 1 heterocycles. The summed E-state index contributed by atoms with van der Waals surface area (Å²) in [6.45, 7) is 1.24. The van der Waals surface area contributed by atoms with Gasteiger partial charge >= 0.3 is 11.9 Å². The van der Waals surface area contributed by atoms with E-state index < -0.39 is 24.5 Å². The van der Waals surface area contributed by atoms with E-state index in [-0.39, 0.29) is 22.6 Å². The largest absolute Gasteiger partial charge is 0.466 e. The molecule has 172 valence electrons. The predicted octanol–water partition coefficient (Wildman–Crippen LogP) is 2.55. The number of nitrogens with zero attached hydrogens (tertiary/aromatic N) is 2. The van der Waals surface area contributed by atoms with E-state index in [0.29, 0.717) is 16.3 Å². The molecular weight excluding hydrogens is 446 g/mol. The van der Waals surface area contributed by atoms with Gasteiger partial charge in [0.05, 0.1) is 29.8 Å². The van der Waals surface area contributed by atoms with Crippen molar-refractivity contribution < 1.29 is 23.9 Å². The Kier molecular flexibility index (Phi) is 7.73. The van der Waals surface area contributed by atoms with Gasteiger partial charge in [0, 0.05) is 11.9 Å². The zero-order chi connectivity index (χ0) is 24.0. The van der Waals surface area contributed by atoms with Gasteiger partial charge in [-0.05, 0) is 31.2 Å². The molecule has 10 heteroatoms.